The molecule has 1 amide bonds. The summed E-state index contributed by atoms with van der Waals surface area (Å²) in [4.78, 5) is 12.5. The molecule has 1 aliphatic heterocycles. The van der Waals surface area contributed by atoms with Gasteiger partial charge in [-0.05, 0) is 47.4 Å². The maximum Gasteiger partial charge on any atom is 0.271 e. The van der Waals surface area contributed by atoms with E-state index in [2.05, 4.69) is 10.5 Å². The van der Waals surface area contributed by atoms with Crippen LogP contribution < -0.4 is 14.9 Å². The third-order valence-electron chi connectivity index (χ3n) is 5.21. The van der Waals surface area contributed by atoms with E-state index in [1.54, 1.807) is 30.3 Å². The van der Waals surface area contributed by atoms with Crippen LogP contribution in [0.25, 0.3) is 0 Å². The van der Waals surface area contributed by atoms with Crippen LogP contribution in [0.3, 0.4) is 0 Å². The van der Waals surface area contributed by atoms with Gasteiger partial charge >= 0.3 is 0 Å². The number of nitrogens with one attached hydrogen (secondary N) is 1. The van der Waals surface area contributed by atoms with Gasteiger partial charge in [0, 0.05) is 23.6 Å². The highest BCUT2D eigenvalue weighted by atomic mass is 16.7. The summed E-state index contributed by atoms with van der Waals surface area (Å²) in [7, 11) is 0. The lowest BCUT2D eigenvalue weighted by atomic mass is 9.94. The van der Waals surface area contributed by atoms with Crippen molar-refractivity contribution in [3.05, 3.63) is 82.9 Å². The first kappa shape index (κ1) is 21.2. The summed E-state index contributed by atoms with van der Waals surface area (Å²) < 4.78 is 10.8. The molecule has 0 radical (unpaired) electrons. The second-order valence-electron chi connectivity index (χ2n) is 7.81. The number of aromatic hydroxyl groups is 2. The lowest BCUT2D eigenvalue weighted by Gasteiger charge is -2.15. The van der Waals surface area contributed by atoms with Crippen LogP contribution in [0, 0.1) is 0 Å². The van der Waals surface area contributed by atoms with Gasteiger partial charge in [-0.15, -0.1) is 0 Å². The van der Waals surface area contributed by atoms with Crippen LogP contribution in [0.2, 0.25) is 0 Å². The second-order valence-corrected chi connectivity index (χ2v) is 7.81. The SMILES string of the molecule is CC(C)c1cc(C(Cc2ccc3c(c2)OCO3)=NNC(=O)c2ccccc2)c(O)cc1O. The van der Waals surface area contributed by atoms with Crippen molar-refractivity contribution in [1.29, 1.82) is 0 Å². The Morgan fingerprint density at radius 1 is 1.00 bits per heavy atom. The minimum absolute atomic E-state index is 0.0111. The maximum atomic E-state index is 12.5. The number of carbonyl (C=O) groups excluding carboxylic acids is 1. The molecule has 0 saturated carbocycles. The van der Waals surface area contributed by atoms with Crippen LogP contribution in [0.15, 0.2) is 65.8 Å². The number of hydrogen-bond acceptors (Lipinski definition) is 6. The van der Waals surface area contributed by atoms with Crippen LogP contribution in [-0.2, 0) is 6.42 Å². The van der Waals surface area contributed by atoms with Gasteiger partial charge in [-0.1, -0.05) is 38.1 Å². The molecule has 0 unspecified atom stereocenters. The van der Waals surface area contributed by atoms with Gasteiger partial charge in [-0.25, -0.2) is 5.43 Å². The number of phenolic OH excluding ortho intramolecular Hbond substituents is 2. The van der Waals surface area contributed by atoms with E-state index in [4.69, 9.17) is 9.47 Å². The zero-order chi connectivity index (χ0) is 22.7. The molecular formula is C25H24N2O5. The number of fused-ring (bicyclic) bond motifs is 1. The molecule has 4 rings (SSSR count). The fourth-order valence-corrected chi connectivity index (χ4v) is 3.50. The molecule has 7 heteroatoms. The normalized spacial score (nSPS) is 12.8. The third kappa shape index (κ3) is 4.51. The summed E-state index contributed by atoms with van der Waals surface area (Å²) in [5.41, 5.74) is 5.45. The first-order valence-corrected chi connectivity index (χ1v) is 10.3. The zero-order valence-electron chi connectivity index (χ0n) is 17.8. The first-order valence-electron chi connectivity index (χ1n) is 10.3. The van der Waals surface area contributed by atoms with Crippen molar-refractivity contribution in [2.75, 3.05) is 6.79 Å². The lowest BCUT2D eigenvalue weighted by Crippen LogP contribution is -2.21. The number of amides is 1. The predicted molar refractivity (Wildman–Crippen MR) is 121 cm³/mol. The monoisotopic (exact) mass is 432 g/mol. The van der Waals surface area contributed by atoms with Crippen LogP contribution in [0.5, 0.6) is 23.0 Å². The Morgan fingerprint density at radius 3 is 2.50 bits per heavy atom. The van der Waals surface area contributed by atoms with Crippen molar-refractivity contribution in [2.45, 2.75) is 26.2 Å². The molecule has 0 saturated heterocycles. The smallest absolute Gasteiger partial charge is 0.271 e. The largest absolute Gasteiger partial charge is 0.508 e. The molecule has 1 heterocycles. The zero-order valence-corrected chi connectivity index (χ0v) is 17.8. The molecule has 32 heavy (non-hydrogen) atoms. The van der Waals surface area contributed by atoms with Gasteiger partial charge < -0.3 is 19.7 Å². The van der Waals surface area contributed by atoms with Crippen molar-refractivity contribution < 1.29 is 24.5 Å². The van der Waals surface area contributed by atoms with E-state index >= 15 is 0 Å². The Kier molecular flexibility index (Phi) is 5.98. The van der Waals surface area contributed by atoms with E-state index in [1.165, 1.54) is 6.07 Å². The highest BCUT2D eigenvalue weighted by Crippen LogP contribution is 2.35. The molecule has 3 aromatic carbocycles. The molecule has 0 atom stereocenters. The van der Waals surface area contributed by atoms with Crippen molar-refractivity contribution in [3.8, 4) is 23.0 Å². The van der Waals surface area contributed by atoms with Crippen LogP contribution >= 0.6 is 0 Å². The number of carbonyl (C=O) groups is 1. The predicted octanol–water partition coefficient (Wildman–Crippen LogP) is 4.33. The number of ether oxygens (including phenoxy) is 2. The van der Waals surface area contributed by atoms with Crippen molar-refractivity contribution in [3.63, 3.8) is 0 Å². The molecule has 0 spiro atoms. The molecule has 0 fully saturated rings. The molecule has 0 aliphatic carbocycles. The minimum atomic E-state index is -0.365. The average Bonchev–Trinajstić information content (AvgIpc) is 3.25. The topological polar surface area (TPSA) is 100 Å². The van der Waals surface area contributed by atoms with Gasteiger partial charge in [0.15, 0.2) is 11.5 Å². The second kappa shape index (κ2) is 9.01. The van der Waals surface area contributed by atoms with Crippen LogP contribution in [0.1, 0.15) is 46.8 Å². The summed E-state index contributed by atoms with van der Waals surface area (Å²) in [6.45, 7) is 4.06. The lowest BCUT2D eigenvalue weighted by molar-refractivity contribution is 0.0954. The highest BCUT2D eigenvalue weighted by molar-refractivity contribution is 6.05. The van der Waals surface area contributed by atoms with E-state index in [0.717, 1.165) is 5.56 Å². The summed E-state index contributed by atoms with van der Waals surface area (Å²) in [5, 5.41) is 25.2. The Morgan fingerprint density at radius 2 is 1.75 bits per heavy atom. The first-order chi connectivity index (χ1) is 15.4. The number of hydrogen-bond donors (Lipinski definition) is 3. The average molecular weight is 432 g/mol. The van der Waals surface area contributed by atoms with Gasteiger partial charge in [-0.3, -0.25) is 4.79 Å². The van der Waals surface area contributed by atoms with Gasteiger partial charge in [-0.2, -0.15) is 5.10 Å². The number of hydrazone groups is 1. The highest BCUT2D eigenvalue weighted by Gasteiger charge is 2.19. The van der Waals surface area contributed by atoms with Crippen molar-refractivity contribution in [2.24, 2.45) is 5.10 Å². The molecule has 3 N–H and O–H groups in total. The Labute approximate surface area is 185 Å². The third-order valence-corrected chi connectivity index (χ3v) is 5.21. The standard InChI is InChI=1S/C25H24N2O5/c1-15(2)18-12-19(22(29)13-21(18)28)20(26-27-25(30)17-6-4-3-5-7-17)10-16-8-9-23-24(11-16)32-14-31-23/h3-9,11-13,15,28-29H,10,14H2,1-2H3,(H,27,30). The number of benzene rings is 3. The maximum absolute atomic E-state index is 12.5. The molecule has 1 aliphatic rings. The number of rotatable bonds is 6. The Bertz CT molecular complexity index is 1170. The minimum Gasteiger partial charge on any atom is -0.508 e. The van der Waals surface area contributed by atoms with Crippen molar-refractivity contribution >= 4 is 11.6 Å². The van der Waals surface area contributed by atoms with E-state index < -0.39 is 0 Å². The van der Waals surface area contributed by atoms with Gasteiger partial charge in [0.2, 0.25) is 6.79 Å². The van der Waals surface area contributed by atoms with E-state index in [0.29, 0.717) is 40.3 Å². The fraction of sp³-hybridized carbons (Fsp3) is 0.200. The van der Waals surface area contributed by atoms with Gasteiger partial charge in [0.25, 0.3) is 5.91 Å². The number of nitrogens with zero attached hydrogens (tertiary/aromatic N) is 1. The van der Waals surface area contributed by atoms with E-state index in [9.17, 15) is 15.0 Å². The fourth-order valence-electron chi connectivity index (χ4n) is 3.50. The van der Waals surface area contributed by atoms with E-state index in [-0.39, 0.29) is 30.1 Å². The summed E-state index contributed by atoms with van der Waals surface area (Å²) in [6.07, 6.45) is 0.307. The molecule has 164 valence electrons. The number of phenols is 2. The van der Waals surface area contributed by atoms with Gasteiger partial charge in [0.05, 0.1) is 5.71 Å². The molecule has 7 nitrogen and oxygen atoms in total. The summed E-state index contributed by atoms with van der Waals surface area (Å²) >= 11 is 0. The quantitative estimate of drug-likeness (QED) is 0.398. The van der Waals surface area contributed by atoms with E-state index in [1.807, 2.05) is 38.1 Å². The molecule has 3 aromatic rings. The Balaban J connectivity index is 1.71. The molecule has 0 bridgehead atoms. The molecular weight excluding hydrogens is 408 g/mol. The Hall–Kier alpha value is -4.00. The van der Waals surface area contributed by atoms with Crippen LogP contribution in [0.4, 0.5) is 0 Å². The summed E-state index contributed by atoms with van der Waals surface area (Å²) in [6, 6.07) is 17.3. The molecule has 0 aromatic heterocycles. The van der Waals surface area contributed by atoms with Gasteiger partial charge in [0.1, 0.15) is 11.5 Å². The summed E-state index contributed by atoms with van der Waals surface area (Å²) in [5.74, 6) is 0.848. The van der Waals surface area contributed by atoms with Crippen molar-refractivity contribution in [1.82, 2.24) is 5.43 Å². The van der Waals surface area contributed by atoms with Crippen LogP contribution in [-0.4, -0.2) is 28.6 Å².